The normalized spacial score (nSPS) is 18.8. The van der Waals surface area contributed by atoms with Gasteiger partial charge in [-0.2, -0.15) is 0 Å². The predicted molar refractivity (Wildman–Crippen MR) is 113 cm³/mol. The van der Waals surface area contributed by atoms with Crippen molar-refractivity contribution in [3.05, 3.63) is 44.6 Å². The second kappa shape index (κ2) is 9.74. The largest absolute Gasteiger partial charge is 0.493 e. The summed E-state index contributed by atoms with van der Waals surface area (Å²) in [5.41, 5.74) is 11.7. The van der Waals surface area contributed by atoms with Crippen molar-refractivity contribution in [2.24, 2.45) is 5.73 Å². The Morgan fingerprint density at radius 3 is 2.54 bits per heavy atom. The second-order valence-corrected chi connectivity index (χ2v) is 8.15. The van der Waals surface area contributed by atoms with Crippen molar-refractivity contribution in [1.29, 1.82) is 0 Å². The van der Waals surface area contributed by atoms with E-state index in [4.69, 9.17) is 24.7 Å². The molecule has 2 N–H and O–H groups in total. The van der Waals surface area contributed by atoms with Gasteiger partial charge in [0.05, 0.1) is 20.8 Å². The van der Waals surface area contributed by atoms with Gasteiger partial charge in [0, 0.05) is 23.9 Å². The number of hydrogen-bond acceptors (Lipinski definition) is 6. The van der Waals surface area contributed by atoms with Gasteiger partial charge in [-0.05, 0) is 59.0 Å². The number of thiophene rings is 1. The van der Waals surface area contributed by atoms with Crippen LogP contribution in [0.3, 0.4) is 0 Å². The molecule has 0 saturated carbocycles. The minimum Gasteiger partial charge on any atom is -0.493 e. The van der Waals surface area contributed by atoms with Crippen LogP contribution in [0.4, 0.5) is 0 Å². The first-order valence-electron chi connectivity index (χ1n) is 9.80. The number of benzene rings is 1. The molecule has 28 heavy (non-hydrogen) atoms. The van der Waals surface area contributed by atoms with Gasteiger partial charge in [0.15, 0.2) is 11.5 Å². The Bertz CT molecular complexity index is 789. The van der Waals surface area contributed by atoms with Crippen molar-refractivity contribution in [3.8, 4) is 11.5 Å². The average molecular weight is 406 g/mol. The summed E-state index contributed by atoms with van der Waals surface area (Å²) in [7, 11) is 5.00. The lowest BCUT2D eigenvalue weighted by molar-refractivity contribution is -0.0393. The number of aryl methyl sites for hydroxylation is 2. The fraction of sp³-hybridized carbons (Fsp3) is 0.545. The molecule has 1 heterocycles. The zero-order chi connectivity index (χ0) is 20.1. The molecule has 0 radical (unpaired) electrons. The lowest BCUT2D eigenvalue weighted by Gasteiger charge is -2.32. The zero-order valence-corrected chi connectivity index (χ0v) is 18.1. The molecule has 0 bridgehead atoms. The van der Waals surface area contributed by atoms with Gasteiger partial charge in [-0.25, -0.2) is 0 Å². The summed E-state index contributed by atoms with van der Waals surface area (Å²) < 4.78 is 21.9. The summed E-state index contributed by atoms with van der Waals surface area (Å²) in [4.78, 5) is 1.38. The zero-order valence-electron chi connectivity index (χ0n) is 17.2. The van der Waals surface area contributed by atoms with Crippen LogP contribution in [0.2, 0.25) is 0 Å². The van der Waals surface area contributed by atoms with Crippen LogP contribution in [-0.4, -0.2) is 34.2 Å². The molecule has 0 saturated heterocycles. The molecule has 3 rings (SSSR count). The van der Waals surface area contributed by atoms with Crippen molar-refractivity contribution in [2.75, 3.05) is 28.1 Å². The predicted octanol–water partition coefficient (Wildman–Crippen LogP) is 4.24. The molecule has 6 heteroatoms. The Kier molecular flexibility index (Phi) is 7.35. The Labute approximate surface area is 171 Å². The van der Waals surface area contributed by atoms with Crippen molar-refractivity contribution >= 4 is 11.3 Å². The van der Waals surface area contributed by atoms with E-state index >= 15 is 0 Å². The maximum Gasteiger partial charge on any atom is 0.161 e. The second-order valence-electron chi connectivity index (χ2n) is 7.18. The van der Waals surface area contributed by atoms with Crippen LogP contribution in [0.5, 0.6) is 11.5 Å². The van der Waals surface area contributed by atoms with Crippen LogP contribution in [0.25, 0.3) is 0 Å². The highest BCUT2D eigenvalue weighted by molar-refractivity contribution is 7.10. The first-order valence-corrected chi connectivity index (χ1v) is 10.7. The van der Waals surface area contributed by atoms with Gasteiger partial charge in [0.1, 0.15) is 6.79 Å². The molecule has 154 valence electrons. The van der Waals surface area contributed by atoms with E-state index in [1.54, 1.807) is 21.3 Å². The Morgan fingerprint density at radius 1 is 1.11 bits per heavy atom. The highest BCUT2D eigenvalue weighted by Crippen LogP contribution is 2.44. The number of nitrogens with two attached hydrogens (primary N) is 1. The SMILES string of the molecule is CCCc1scc(C2c3cc(OC)c(OC)cc3CCC2N)c1COCOC. The van der Waals surface area contributed by atoms with Gasteiger partial charge in [-0.15, -0.1) is 11.3 Å². The minimum atomic E-state index is 0.0656. The third-order valence-corrected chi connectivity index (χ3v) is 6.54. The summed E-state index contributed by atoms with van der Waals surface area (Å²) in [5.74, 6) is 1.66. The molecule has 2 atom stereocenters. The summed E-state index contributed by atoms with van der Waals surface area (Å²) in [6.45, 7) is 3.05. The van der Waals surface area contributed by atoms with Gasteiger partial charge < -0.3 is 24.7 Å². The molecule has 0 amide bonds. The average Bonchev–Trinajstić information content (AvgIpc) is 3.09. The summed E-state index contributed by atoms with van der Waals surface area (Å²) in [6.07, 6.45) is 4.06. The van der Waals surface area contributed by atoms with Crippen molar-refractivity contribution < 1.29 is 18.9 Å². The lowest BCUT2D eigenvalue weighted by Crippen LogP contribution is -2.34. The molecule has 1 aliphatic carbocycles. The highest BCUT2D eigenvalue weighted by atomic mass is 32.1. The third kappa shape index (κ3) is 4.20. The van der Waals surface area contributed by atoms with E-state index in [9.17, 15) is 0 Å². The van der Waals surface area contributed by atoms with Gasteiger partial charge in [0.25, 0.3) is 0 Å². The molecule has 0 spiro atoms. The summed E-state index contributed by atoms with van der Waals surface area (Å²) >= 11 is 1.81. The van der Waals surface area contributed by atoms with E-state index in [1.807, 2.05) is 11.3 Å². The number of methoxy groups -OCH3 is 3. The fourth-order valence-corrected chi connectivity index (χ4v) is 5.29. The fourth-order valence-electron chi connectivity index (χ4n) is 4.09. The van der Waals surface area contributed by atoms with Crippen LogP contribution in [0, 0.1) is 0 Å². The highest BCUT2D eigenvalue weighted by Gasteiger charge is 2.32. The van der Waals surface area contributed by atoms with Crippen molar-refractivity contribution in [1.82, 2.24) is 0 Å². The van der Waals surface area contributed by atoms with E-state index in [0.717, 1.165) is 37.2 Å². The standard InChI is InChI=1S/C22H31NO4S/c1-5-6-21-16(11-27-13-24-2)17(12-28-21)22-15-10-20(26-4)19(25-3)9-14(15)7-8-18(22)23/h9-10,12,18,22H,5-8,11,13,23H2,1-4H3. The van der Waals surface area contributed by atoms with E-state index in [2.05, 4.69) is 24.4 Å². The Morgan fingerprint density at radius 2 is 1.86 bits per heavy atom. The molecular formula is C22H31NO4S. The molecule has 1 aliphatic rings. The molecule has 2 aromatic rings. The topological polar surface area (TPSA) is 62.9 Å². The van der Waals surface area contributed by atoms with Crippen LogP contribution in [0.1, 0.15) is 52.8 Å². The van der Waals surface area contributed by atoms with Crippen LogP contribution < -0.4 is 15.2 Å². The molecule has 1 aromatic heterocycles. The van der Waals surface area contributed by atoms with Crippen LogP contribution in [-0.2, 0) is 28.9 Å². The van der Waals surface area contributed by atoms with Crippen molar-refractivity contribution in [3.63, 3.8) is 0 Å². The number of hydrogen-bond donors (Lipinski definition) is 1. The summed E-state index contributed by atoms with van der Waals surface area (Å²) in [5, 5.41) is 2.27. The Hall–Kier alpha value is -1.60. The first-order chi connectivity index (χ1) is 13.6. The molecule has 0 fully saturated rings. The number of ether oxygens (including phenoxy) is 4. The monoisotopic (exact) mass is 405 g/mol. The van der Waals surface area contributed by atoms with E-state index in [-0.39, 0.29) is 12.0 Å². The van der Waals surface area contributed by atoms with Gasteiger partial charge >= 0.3 is 0 Å². The van der Waals surface area contributed by atoms with E-state index in [0.29, 0.717) is 13.4 Å². The number of fused-ring (bicyclic) bond motifs is 1. The van der Waals surface area contributed by atoms with Crippen molar-refractivity contribution in [2.45, 2.75) is 51.2 Å². The number of rotatable bonds is 9. The Balaban J connectivity index is 2.06. The van der Waals surface area contributed by atoms with Gasteiger partial charge in [-0.3, -0.25) is 0 Å². The van der Waals surface area contributed by atoms with Gasteiger partial charge in [0.2, 0.25) is 0 Å². The molecule has 2 unspecified atom stereocenters. The van der Waals surface area contributed by atoms with E-state index < -0.39 is 0 Å². The summed E-state index contributed by atoms with van der Waals surface area (Å²) in [6, 6.07) is 4.28. The molecule has 5 nitrogen and oxygen atoms in total. The molecule has 1 aromatic carbocycles. The minimum absolute atomic E-state index is 0.0656. The maximum absolute atomic E-state index is 6.66. The van der Waals surface area contributed by atoms with Gasteiger partial charge in [-0.1, -0.05) is 13.3 Å². The maximum atomic E-state index is 6.66. The first kappa shape index (κ1) is 21.1. The third-order valence-electron chi connectivity index (χ3n) is 5.43. The molecule has 0 aliphatic heterocycles. The van der Waals surface area contributed by atoms with Crippen LogP contribution >= 0.6 is 11.3 Å². The smallest absolute Gasteiger partial charge is 0.161 e. The molecular weight excluding hydrogens is 374 g/mol. The quantitative estimate of drug-likeness (QED) is 0.499. The van der Waals surface area contributed by atoms with Crippen LogP contribution in [0.15, 0.2) is 17.5 Å². The van der Waals surface area contributed by atoms with E-state index in [1.165, 1.54) is 27.1 Å². The lowest BCUT2D eigenvalue weighted by atomic mass is 9.75.